The zero-order valence-electron chi connectivity index (χ0n) is 16.3. The van der Waals surface area contributed by atoms with Gasteiger partial charge in [0.15, 0.2) is 6.61 Å². The second kappa shape index (κ2) is 7.61. The maximum atomic E-state index is 12.8. The summed E-state index contributed by atoms with van der Waals surface area (Å²) in [6.45, 7) is 4.45. The molecule has 1 aromatic carbocycles. The third-order valence-corrected chi connectivity index (χ3v) is 5.27. The summed E-state index contributed by atoms with van der Waals surface area (Å²) in [5.74, 6) is -1.25. The van der Waals surface area contributed by atoms with Gasteiger partial charge in [-0.2, -0.15) is 0 Å². The molecule has 0 aromatic heterocycles. The predicted molar refractivity (Wildman–Crippen MR) is 100 cm³/mol. The van der Waals surface area contributed by atoms with Crippen LogP contribution in [0.4, 0.5) is 4.79 Å². The summed E-state index contributed by atoms with van der Waals surface area (Å²) in [6.07, 6.45) is 2.18. The van der Waals surface area contributed by atoms with E-state index in [4.69, 9.17) is 4.74 Å². The van der Waals surface area contributed by atoms with Crippen LogP contribution >= 0.6 is 0 Å². The third kappa shape index (κ3) is 4.16. The molecule has 0 bridgehead atoms. The molecular weight excluding hydrogens is 362 g/mol. The number of ether oxygens (including phenoxy) is 1. The maximum absolute atomic E-state index is 12.8. The number of nitrogens with one attached hydrogen (secondary N) is 2. The van der Waals surface area contributed by atoms with Crippen molar-refractivity contribution >= 4 is 23.8 Å². The summed E-state index contributed by atoms with van der Waals surface area (Å²) in [5, 5.41) is 5.40. The molecule has 150 valence electrons. The SMILES string of the molecule is Cc1ccc([C@@]2(C)NC(=O)N(CC(=O)OCC(=O)N[C@@H](C)C3CC3)C2=O)cc1. The number of imide groups is 1. The normalized spacial score (nSPS) is 22.6. The molecule has 1 saturated carbocycles. The Hall–Kier alpha value is -2.90. The molecule has 1 heterocycles. The van der Waals surface area contributed by atoms with Crippen LogP contribution in [-0.2, 0) is 24.7 Å². The second-order valence-electron chi connectivity index (χ2n) is 7.67. The quantitative estimate of drug-likeness (QED) is 0.541. The Morgan fingerprint density at radius 3 is 2.54 bits per heavy atom. The van der Waals surface area contributed by atoms with E-state index in [0.717, 1.165) is 23.3 Å². The molecule has 2 fully saturated rings. The predicted octanol–water partition coefficient (Wildman–Crippen LogP) is 1.22. The molecule has 0 unspecified atom stereocenters. The Balaban J connectivity index is 1.55. The Morgan fingerprint density at radius 1 is 1.29 bits per heavy atom. The number of rotatable bonds is 7. The molecular formula is C20H25N3O5. The minimum absolute atomic E-state index is 0.0485. The van der Waals surface area contributed by atoms with Gasteiger partial charge in [-0.25, -0.2) is 4.79 Å². The van der Waals surface area contributed by atoms with Gasteiger partial charge in [-0.05, 0) is 45.1 Å². The van der Waals surface area contributed by atoms with Crippen LogP contribution in [0.25, 0.3) is 0 Å². The molecule has 1 aliphatic heterocycles. The number of hydrogen-bond donors (Lipinski definition) is 2. The van der Waals surface area contributed by atoms with Gasteiger partial charge in [-0.15, -0.1) is 0 Å². The van der Waals surface area contributed by atoms with Crippen LogP contribution < -0.4 is 10.6 Å². The van der Waals surface area contributed by atoms with Gasteiger partial charge in [0.1, 0.15) is 12.1 Å². The number of esters is 1. The van der Waals surface area contributed by atoms with Crippen LogP contribution in [0.3, 0.4) is 0 Å². The number of aryl methyl sites for hydroxylation is 1. The average Bonchev–Trinajstić information content (AvgIpc) is 3.46. The number of benzene rings is 1. The summed E-state index contributed by atoms with van der Waals surface area (Å²) in [4.78, 5) is 49.7. The largest absolute Gasteiger partial charge is 0.454 e. The van der Waals surface area contributed by atoms with Gasteiger partial charge in [-0.1, -0.05) is 29.8 Å². The first-order chi connectivity index (χ1) is 13.2. The Bertz CT molecular complexity index is 803. The molecule has 2 atom stereocenters. The fourth-order valence-corrected chi connectivity index (χ4v) is 3.25. The monoisotopic (exact) mass is 387 g/mol. The van der Waals surface area contributed by atoms with Crippen LogP contribution in [0, 0.1) is 12.8 Å². The van der Waals surface area contributed by atoms with E-state index in [1.54, 1.807) is 19.1 Å². The van der Waals surface area contributed by atoms with E-state index in [1.165, 1.54) is 0 Å². The van der Waals surface area contributed by atoms with Crippen molar-refractivity contribution in [1.82, 2.24) is 15.5 Å². The van der Waals surface area contributed by atoms with Gasteiger partial charge in [0.25, 0.3) is 11.8 Å². The average molecular weight is 387 g/mol. The zero-order valence-corrected chi connectivity index (χ0v) is 16.3. The summed E-state index contributed by atoms with van der Waals surface area (Å²) < 4.78 is 4.93. The first-order valence-corrected chi connectivity index (χ1v) is 9.37. The highest BCUT2D eigenvalue weighted by Crippen LogP contribution is 2.32. The number of urea groups is 1. The number of carbonyl (C=O) groups excluding carboxylic acids is 4. The van der Waals surface area contributed by atoms with E-state index < -0.39 is 42.5 Å². The minimum atomic E-state index is -1.25. The molecule has 2 N–H and O–H groups in total. The highest BCUT2D eigenvalue weighted by atomic mass is 16.5. The topological polar surface area (TPSA) is 105 Å². The standard InChI is InChI=1S/C20H25N3O5/c1-12-4-8-15(9-5-12)20(3)18(26)23(19(27)22-20)10-17(25)28-11-16(24)21-13(2)14-6-7-14/h4-5,8-9,13-14H,6-7,10-11H2,1-3H3,(H,21,24)(H,22,27)/t13-,20+/m0/s1. The van der Waals surface area contributed by atoms with Crippen molar-refractivity contribution in [1.29, 1.82) is 0 Å². The van der Waals surface area contributed by atoms with Crippen molar-refractivity contribution < 1.29 is 23.9 Å². The van der Waals surface area contributed by atoms with E-state index in [-0.39, 0.29) is 6.04 Å². The number of amides is 4. The lowest BCUT2D eigenvalue weighted by Gasteiger charge is -2.22. The van der Waals surface area contributed by atoms with Crippen LogP contribution in [-0.4, -0.2) is 47.9 Å². The summed E-state index contributed by atoms with van der Waals surface area (Å²) >= 11 is 0. The molecule has 0 spiro atoms. The molecule has 28 heavy (non-hydrogen) atoms. The van der Waals surface area contributed by atoms with E-state index in [0.29, 0.717) is 11.5 Å². The van der Waals surface area contributed by atoms with Gasteiger partial charge in [0.2, 0.25) is 0 Å². The molecule has 1 saturated heterocycles. The van der Waals surface area contributed by atoms with Crippen molar-refractivity contribution in [2.45, 2.75) is 45.2 Å². The van der Waals surface area contributed by atoms with Crippen LogP contribution in [0.5, 0.6) is 0 Å². The Kier molecular flexibility index (Phi) is 5.40. The fourth-order valence-electron chi connectivity index (χ4n) is 3.25. The lowest BCUT2D eigenvalue weighted by atomic mass is 9.91. The Labute approximate surface area is 163 Å². The molecule has 1 aliphatic carbocycles. The van der Waals surface area contributed by atoms with Crippen molar-refractivity contribution in [3.05, 3.63) is 35.4 Å². The van der Waals surface area contributed by atoms with Gasteiger partial charge < -0.3 is 15.4 Å². The van der Waals surface area contributed by atoms with Crippen LogP contribution in [0.1, 0.15) is 37.8 Å². The van der Waals surface area contributed by atoms with Crippen molar-refractivity contribution in [3.8, 4) is 0 Å². The highest BCUT2D eigenvalue weighted by molar-refractivity contribution is 6.08. The second-order valence-corrected chi connectivity index (χ2v) is 7.67. The number of hydrogen-bond acceptors (Lipinski definition) is 5. The van der Waals surface area contributed by atoms with Crippen LogP contribution in [0.15, 0.2) is 24.3 Å². The maximum Gasteiger partial charge on any atom is 0.326 e. The smallest absolute Gasteiger partial charge is 0.326 e. The van der Waals surface area contributed by atoms with E-state index in [9.17, 15) is 19.2 Å². The molecule has 0 radical (unpaired) electrons. The first kappa shape index (κ1) is 19.9. The van der Waals surface area contributed by atoms with Gasteiger partial charge >= 0.3 is 12.0 Å². The summed E-state index contributed by atoms with van der Waals surface area (Å²) in [5.41, 5.74) is 0.405. The van der Waals surface area contributed by atoms with Crippen molar-refractivity contribution in [3.63, 3.8) is 0 Å². The number of nitrogens with zero attached hydrogens (tertiary/aromatic N) is 1. The molecule has 1 aromatic rings. The van der Waals surface area contributed by atoms with E-state index in [2.05, 4.69) is 10.6 Å². The van der Waals surface area contributed by atoms with Gasteiger partial charge in [0.05, 0.1) is 0 Å². The van der Waals surface area contributed by atoms with Gasteiger partial charge in [-0.3, -0.25) is 19.3 Å². The minimum Gasteiger partial charge on any atom is -0.454 e. The molecule has 3 rings (SSSR count). The van der Waals surface area contributed by atoms with E-state index in [1.807, 2.05) is 26.0 Å². The first-order valence-electron chi connectivity index (χ1n) is 9.37. The van der Waals surface area contributed by atoms with Crippen molar-refractivity contribution in [2.75, 3.05) is 13.2 Å². The van der Waals surface area contributed by atoms with Crippen molar-refractivity contribution in [2.24, 2.45) is 5.92 Å². The fraction of sp³-hybridized carbons (Fsp3) is 0.500. The van der Waals surface area contributed by atoms with E-state index >= 15 is 0 Å². The Morgan fingerprint density at radius 2 is 1.93 bits per heavy atom. The lowest BCUT2D eigenvalue weighted by Crippen LogP contribution is -2.42. The molecule has 8 nitrogen and oxygen atoms in total. The zero-order chi connectivity index (χ0) is 20.5. The summed E-state index contributed by atoms with van der Waals surface area (Å²) in [7, 11) is 0. The number of carbonyl (C=O) groups is 4. The summed E-state index contributed by atoms with van der Waals surface area (Å²) in [6, 6.07) is 6.60. The molecule has 8 heteroatoms. The van der Waals surface area contributed by atoms with Gasteiger partial charge in [0, 0.05) is 6.04 Å². The molecule has 4 amide bonds. The lowest BCUT2D eigenvalue weighted by molar-refractivity contribution is -0.151. The molecule has 2 aliphatic rings. The van der Waals surface area contributed by atoms with Crippen LogP contribution in [0.2, 0.25) is 0 Å². The highest BCUT2D eigenvalue weighted by Gasteiger charge is 2.49. The third-order valence-electron chi connectivity index (χ3n) is 5.27.